The number of hydrogen-bond acceptors (Lipinski definition) is 3. The molecule has 0 bridgehead atoms. The van der Waals surface area contributed by atoms with Crippen LogP contribution in [0.15, 0.2) is 6.07 Å². The molecule has 1 amide bonds. The molecule has 0 aliphatic carbocycles. The molecule has 5 heteroatoms. The van der Waals surface area contributed by atoms with Gasteiger partial charge in [-0.15, -0.1) is 0 Å². The highest BCUT2D eigenvalue weighted by Crippen LogP contribution is 2.27. The minimum atomic E-state index is 0.123. The van der Waals surface area contributed by atoms with Gasteiger partial charge in [0.2, 0.25) is 0 Å². The zero-order valence-electron chi connectivity index (χ0n) is 16.0. The van der Waals surface area contributed by atoms with Gasteiger partial charge in [-0.25, -0.2) is 0 Å². The van der Waals surface area contributed by atoms with Gasteiger partial charge in [0, 0.05) is 50.6 Å². The summed E-state index contributed by atoms with van der Waals surface area (Å²) in [4.78, 5) is 17.5. The molecule has 0 aromatic carbocycles. The molecular weight excluding hydrogens is 314 g/mol. The van der Waals surface area contributed by atoms with Crippen molar-refractivity contribution in [2.75, 3.05) is 39.3 Å². The third-order valence-corrected chi connectivity index (χ3v) is 6.30. The Kier molecular flexibility index (Phi) is 5.85. The molecule has 1 aromatic rings. The van der Waals surface area contributed by atoms with Gasteiger partial charge in [-0.05, 0) is 51.8 Å². The number of likely N-dealkylation sites (tertiary alicyclic amines) is 2. The summed E-state index contributed by atoms with van der Waals surface area (Å²) in [5.74, 6) is 0.715. The van der Waals surface area contributed by atoms with Crippen molar-refractivity contribution >= 4 is 5.91 Å². The van der Waals surface area contributed by atoms with Crippen molar-refractivity contribution in [3.05, 3.63) is 23.0 Å². The Morgan fingerprint density at radius 3 is 2.32 bits per heavy atom. The van der Waals surface area contributed by atoms with Crippen molar-refractivity contribution in [1.29, 1.82) is 0 Å². The molecule has 3 heterocycles. The highest BCUT2D eigenvalue weighted by molar-refractivity contribution is 5.96. The first-order valence-corrected chi connectivity index (χ1v) is 9.76. The Balaban J connectivity index is 1.67. The monoisotopic (exact) mass is 347 g/mol. The Hall–Kier alpha value is -1.33. The van der Waals surface area contributed by atoms with E-state index in [4.69, 9.17) is 0 Å². The van der Waals surface area contributed by atoms with Crippen LogP contribution in [0.4, 0.5) is 0 Å². The lowest BCUT2D eigenvalue weighted by atomic mass is 9.96. The number of aliphatic hydroxyl groups is 1. The predicted octanol–water partition coefficient (Wildman–Crippen LogP) is 2.20. The largest absolute Gasteiger partial charge is 0.396 e. The van der Waals surface area contributed by atoms with Gasteiger partial charge in [0.25, 0.3) is 5.91 Å². The van der Waals surface area contributed by atoms with Gasteiger partial charge >= 0.3 is 0 Å². The van der Waals surface area contributed by atoms with E-state index in [1.54, 1.807) is 0 Å². The molecule has 1 aromatic heterocycles. The van der Waals surface area contributed by atoms with Gasteiger partial charge in [0.05, 0.1) is 5.56 Å². The predicted molar refractivity (Wildman–Crippen MR) is 99.8 cm³/mol. The Morgan fingerprint density at radius 1 is 1.12 bits per heavy atom. The highest BCUT2D eigenvalue weighted by Gasteiger charge is 2.36. The number of aliphatic hydroxyl groups excluding tert-OH is 1. The average molecular weight is 348 g/mol. The third kappa shape index (κ3) is 3.93. The zero-order chi connectivity index (χ0) is 18.0. The normalized spacial score (nSPS) is 25.4. The highest BCUT2D eigenvalue weighted by atomic mass is 16.3. The summed E-state index contributed by atoms with van der Waals surface area (Å²) < 4.78 is 2.07. The van der Waals surface area contributed by atoms with Crippen LogP contribution in [-0.4, -0.2) is 64.7 Å². The van der Waals surface area contributed by atoms with Gasteiger partial charge < -0.3 is 19.5 Å². The van der Waals surface area contributed by atoms with Crippen LogP contribution in [-0.2, 0) is 7.05 Å². The standard InChI is InChI=1S/C20H33N3O2/c1-15-10-19(16(2)21(15)3)20(25)23-12-17(18(13-23)14-24)11-22-8-6-4-5-7-9-22/h10,17-18,24H,4-9,11-14H2,1-3H3/t17-,18-/m1/s1. The molecule has 0 saturated carbocycles. The number of amides is 1. The molecular formula is C20H33N3O2. The van der Waals surface area contributed by atoms with Crippen LogP contribution in [0.3, 0.4) is 0 Å². The molecule has 25 heavy (non-hydrogen) atoms. The van der Waals surface area contributed by atoms with E-state index in [0.717, 1.165) is 30.0 Å². The Bertz CT molecular complexity index is 602. The molecule has 5 nitrogen and oxygen atoms in total. The molecule has 2 saturated heterocycles. The summed E-state index contributed by atoms with van der Waals surface area (Å²) in [5, 5.41) is 9.83. The maximum atomic E-state index is 13.0. The topological polar surface area (TPSA) is 48.7 Å². The van der Waals surface area contributed by atoms with Crippen molar-refractivity contribution in [1.82, 2.24) is 14.4 Å². The van der Waals surface area contributed by atoms with Crippen LogP contribution in [0.25, 0.3) is 0 Å². The lowest BCUT2D eigenvalue weighted by Crippen LogP contribution is -2.35. The van der Waals surface area contributed by atoms with E-state index in [-0.39, 0.29) is 18.4 Å². The summed E-state index contributed by atoms with van der Waals surface area (Å²) >= 11 is 0. The second-order valence-electron chi connectivity index (χ2n) is 7.97. The first-order chi connectivity index (χ1) is 12.0. The minimum absolute atomic E-state index is 0.123. The lowest BCUT2D eigenvalue weighted by molar-refractivity contribution is 0.0778. The fourth-order valence-electron chi connectivity index (χ4n) is 4.41. The van der Waals surface area contributed by atoms with E-state index in [2.05, 4.69) is 9.47 Å². The van der Waals surface area contributed by atoms with Gasteiger partial charge in [-0.3, -0.25) is 4.79 Å². The molecule has 0 unspecified atom stereocenters. The molecule has 2 atom stereocenters. The number of rotatable bonds is 4. The second-order valence-corrected chi connectivity index (χ2v) is 7.97. The van der Waals surface area contributed by atoms with E-state index in [1.807, 2.05) is 31.9 Å². The minimum Gasteiger partial charge on any atom is -0.396 e. The first-order valence-electron chi connectivity index (χ1n) is 9.76. The number of carbonyl (C=O) groups excluding carboxylic acids is 1. The SMILES string of the molecule is Cc1cc(C(=O)N2C[C@@H](CN3CCCCCC3)[C@@H](CO)C2)c(C)n1C. The van der Waals surface area contributed by atoms with Gasteiger partial charge in [-0.2, -0.15) is 0 Å². The zero-order valence-corrected chi connectivity index (χ0v) is 16.0. The fourth-order valence-corrected chi connectivity index (χ4v) is 4.41. The van der Waals surface area contributed by atoms with Crippen molar-refractivity contribution in [2.24, 2.45) is 18.9 Å². The van der Waals surface area contributed by atoms with E-state index < -0.39 is 0 Å². The average Bonchev–Trinajstić information content (AvgIpc) is 2.99. The van der Waals surface area contributed by atoms with Gasteiger partial charge in [0.15, 0.2) is 0 Å². The van der Waals surface area contributed by atoms with Gasteiger partial charge in [0.1, 0.15) is 0 Å². The lowest BCUT2D eigenvalue weighted by Gasteiger charge is -2.26. The molecule has 2 aliphatic heterocycles. The van der Waals surface area contributed by atoms with Crippen molar-refractivity contribution in [3.8, 4) is 0 Å². The Labute approximate surface area is 151 Å². The van der Waals surface area contributed by atoms with Crippen LogP contribution in [0, 0.1) is 25.7 Å². The molecule has 2 fully saturated rings. The van der Waals surface area contributed by atoms with Crippen LogP contribution in [0.1, 0.15) is 47.4 Å². The van der Waals surface area contributed by atoms with E-state index in [9.17, 15) is 9.90 Å². The van der Waals surface area contributed by atoms with E-state index in [0.29, 0.717) is 12.5 Å². The van der Waals surface area contributed by atoms with Crippen molar-refractivity contribution in [3.63, 3.8) is 0 Å². The number of aromatic nitrogens is 1. The van der Waals surface area contributed by atoms with Crippen LogP contribution in [0.5, 0.6) is 0 Å². The summed E-state index contributed by atoms with van der Waals surface area (Å²) in [6.07, 6.45) is 5.23. The van der Waals surface area contributed by atoms with Crippen molar-refractivity contribution in [2.45, 2.75) is 39.5 Å². The second kappa shape index (κ2) is 7.92. The summed E-state index contributed by atoms with van der Waals surface area (Å²) in [5.41, 5.74) is 2.95. The van der Waals surface area contributed by atoms with Gasteiger partial charge in [-0.1, -0.05) is 12.8 Å². The van der Waals surface area contributed by atoms with E-state index in [1.165, 1.54) is 38.8 Å². The Morgan fingerprint density at radius 2 is 1.76 bits per heavy atom. The summed E-state index contributed by atoms with van der Waals surface area (Å²) in [6, 6.07) is 1.99. The van der Waals surface area contributed by atoms with Crippen molar-refractivity contribution < 1.29 is 9.90 Å². The number of hydrogen-bond donors (Lipinski definition) is 1. The summed E-state index contributed by atoms with van der Waals surface area (Å²) in [6.45, 7) is 9.02. The maximum absolute atomic E-state index is 13.0. The fraction of sp³-hybridized carbons (Fsp3) is 0.750. The smallest absolute Gasteiger partial charge is 0.255 e. The van der Waals surface area contributed by atoms with Crippen LogP contribution >= 0.6 is 0 Å². The quantitative estimate of drug-likeness (QED) is 0.908. The number of nitrogens with zero attached hydrogens (tertiary/aromatic N) is 3. The maximum Gasteiger partial charge on any atom is 0.255 e. The summed E-state index contributed by atoms with van der Waals surface area (Å²) in [7, 11) is 2.00. The van der Waals surface area contributed by atoms with Crippen LogP contribution < -0.4 is 0 Å². The molecule has 1 N–H and O–H groups in total. The third-order valence-electron chi connectivity index (χ3n) is 6.30. The number of aryl methyl sites for hydroxylation is 1. The molecule has 140 valence electrons. The first kappa shape index (κ1) is 18.5. The molecule has 3 rings (SSSR count). The van der Waals surface area contributed by atoms with E-state index >= 15 is 0 Å². The van der Waals surface area contributed by atoms with Crippen LogP contribution in [0.2, 0.25) is 0 Å². The number of carbonyl (C=O) groups is 1. The molecule has 0 spiro atoms. The molecule has 0 radical (unpaired) electrons. The molecule has 2 aliphatic rings.